The molecule has 2 aromatic rings. The minimum atomic E-state index is -0.702. The van der Waals surface area contributed by atoms with E-state index in [1.165, 1.54) is 22.3 Å². The zero-order chi connectivity index (χ0) is 15.5. The molecule has 3 heteroatoms. The lowest BCUT2D eigenvalue weighted by atomic mass is 10.0. The fraction of sp³-hybridized carbons (Fsp3) is 0.316. The van der Waals surface area contributed by atoms with Crippen molar-refractivity contribution in [1.82, 2.24) is 4.90 Å². The summed E-state index contributed by atoms with van der Waals surface area (Å²) in [5.74, 6) is -0.702. The third-order valence-corrected chi connectivity index (χ3v) is 4.35. The Labute approximate surface area is 131 Å². The van der Waals surface area contributed by atoms with Gasteiger partial charge in [0.15, 0.2) is 0 Å². The van der Waals surface area contributed by atoms with Crippen LogP contribution in [0, 0.1) is 6.92 Å². The molecule has 1 atom stereocenters. The summed E-state index contributed by atoms with van der Waals surface area (Å²) in [5.41, 5.74) is 4.81. The number of benzene rings is 2. The number of likely N-dealkylation sites (tertiary alicyclic amines) is 1. The highest BCUT2D eigenvalue weighted by Gasteiger charge is 2.30. The fourth-order valence-electron chi connectivity index (χ4n) is 3.12. The summed E-state index contributed by atoms with van der Waals surface area (Å²) >= 11 is 0. The van der Waals surface area contributed by atoms with Crippen LogP contribution in [0.2, 0.25) is 0 Å². The summed E-state index contributed by atoms with van der Waals surface area (Å²) in [5, 5.41) is 9.28. The van der Waals surface area contributed by atoms with Gasteiger partial charge in [-0.15, -0.1) is 0 Å². The molecule has 1 N–H and O–H groups in total. The Morgan fingerprint density at radius 3 is 2.68 bits per heavy atom. The van der Waals surface area contributed by atoms with E-state index in [1.54, 1.807) is 0 Å². The van der Waals surface area contributed by atoms with Gasteiger partial charge in [-0.05, 0) is 49.1 Å². The Morgan fingerprint density at radius 1 is 1.18 bits per heavy atom. The summed E-state index contributed by atoms with van der Waals surface area (Å²) < 4.78 is 0. The Kier molecular flexibility index (Phi) is 4.25. The van der Waals surface area contributed by atoms with Crippen LogP contribution in [0.15, 0.2) is 48.5 Å². The number of hydrogen-bond donors (Lipinski definition) is 1. The van der Waals surface area contributed by atoms with Gasteiger partial charge in [-0.25, -0.2) is 0 Å². The predicted molar refractivity (Wildman–Crippen MR) is 87.7 cm³/mol. The minimum absolute atomic E-state index is 0.331. The molecule has 0 radical (unpaired) electrons. The van der Waals surface area contributed by atoms with Gasteiger partial charge in [0.2, 0.25) is 0 Å². The second-order valence-electron chi connectivity index (χ2n) is 6.03. The first-order valence-corrected chi connectivity index (χ1v) is 7.76. The highest BCUT2D eigenvalue weighted by Crippen LogP contribution is 2.24. The summed E-state index contributed by atoms with van der Waals surface area (Å²) in [6, 6.07) is 16.6. The molecule has 0 aromatic heterocycles. The first kappa shape index (κ1) is 14.8. The topological polar surface area (TPSA) is 40.5 Å². The molecule has 0 aliphatic carbocycles. The van der Waals surface area contributed by atoms with Crippen LogP contribution >= 0.6 is 0 Å². The molecule has 3 nitrogen and oxygen atoms in total. The van der Waals surface area contributed by atoms with E-state index in [-0.39, 0.29) is 6.04 Å². The molecule has 114 valence electrons. The van der Waals surface area contributed by atoms with Crippen molar-refractivity contribution in [3.8, 4) is 11.1 Å². The quantitative estimate of drug-likeness (QED) is 0.934. The molecule has 0 spiro atoms. The summed E-state index contributed by atoms with van der Waals surface area (Å²) in [4.78, 5) is 13.3. The summed E-state index contributed by atoms with van der Waals surface area (Å²) in [7, 11) is 0. The van der Waals surface area contributed by atoms with Crippen LogP contribution in [0.3, 0.4) is 0 Å². The predicted octanol–water partition coefficient (Wildman–Crippen LogP) is 3.71. The van der Waals surface area contributed by atoms with E-state index in [0.29, 0.717) is 6.54 Å². The zero-order valence-corrected chi connectivity index (χ0v) is 12.8. The van der Waals surface area contributed by atoms with Gasteiger partial charge in [0.05, 0.1) is 0 Å². The van der Waals surface area contributed by atoms with Gasteiger partial charge in [0, 0.05) is 6.54 Å². The van der Waals surface area contributed by atoms with Crippen LogP contribution in [0.4, 0.5) is 0 Å². The van der Waals surface area contributed by atoms with Gasteiger partial charge in [0.1, 0.15) is 6.04 Å². The van der Waals surface area contributed by atoms with Gasteiger partial charge < -0.3 is 5.11 Å². The molecule has 0 bridgehead atoms. The van der Waals surface area contributed by atoms with Gasteiger partial charge in [-0.1, -0.05) is 48.0 Å². The molecule has 1 unspecified atom stereocenters. The number of rotatable bonds is 4. The van der Waals surface area contributed by atoms with Gasteiger partial charge in [-0.2, -0.15) is 0 Å². The lowest BCUT2D eigenvalue weighted by Crippen LogP contribution is -2.35. The van der Waals surface area contributed by atoms with E-state index in [0.717, 1.165) is 19.4 Å². The average Bonchev–Trinajstić information content (AvgIpc) is 2.96. The lowest BCUT2D eigenvalue weighted by Gasteiger charge is -2.21. The van der Waals surface area contributed by atoms with Crippen molar-refractivity contribution in [3.63, 3.8) is 0 Å². The Morgan fingerprint density at radius 2 is 1.95 bits per heavy atom. The van der Waals surface area contributed by atoms with Crippen molar-refractivity contribution in [2.24, 2.45) is 0 Å². The van der Waals surface area contributed by atoms with E-state index < -0.39 is 5.97 Å². The molecule has 1 aliphatic rings. The van der Waals surface area contributed by atoms with Crippen molar-refractivity contribution in [1.29, 1.82) is 0 Å². The number of aliphatic carboxylic acids is 1. The van der Waals surface area contributed by atoms with Crippen LogP contribution in [-0.2, 0) is 11.3 Å². The van der Waals surface area contributed by atoms with Crippen LogP contribution in [0.5, 0.6) is 0 Å². The van der Waals surface area contributed by atoms with Gasteiger partial charge in [-0.3, -0.25) is 9.69 Å². The number of hydrogen-bond acceptors (Lipinski definition) is 2. The molecule has 1 heterocycles. The number of aryl methyl sites for hydroxylation is 1. The number of carbonyl (C=O) groups is 1. The van der Waals surface area contributed by atoms with Crippen molar-refractivity contribution in [3.05, 3.63) is 59.7 Å². The Bertz CT molecular complexity index is 663. The first-order valence-electron chi connectivity index (χ1n) is 7.76. The number of carboxylic acids is 1. The van der Waals surface area contributed by atoms with E-state index in [1.807, 2.05) is 0 Å². The molecule has 1 fully saturated rings. The van der Waals surface area contributed by atoms with Crippen LogP contribution < -0.4 is 0 Å². The lowest BCUT2D eigenvalue weighted by molar-refractivity contribution is -0.142. The van der Waals surface area contributed by atoms with E-state index in [2.05, 4.69) is 60.4 Å². The third kappa shape index (κ3) is 3.20. The SMILES string of the molecule is Cc1ccc(-c2cccc(CN3CCCC3C(=O)O)c2)cc1. The van der Waals surface area contributed by atoms with Crippen LogP contribution in [-0.4, -0.2) is 28.6 Å². The summed E-state index contributed by atoms with van der Waals surface area (Å²) in [6.45, 7) is 3.65. The first-order chi connectivity index (χ1) is 10.6. The average molecular weight is 295 g/mol. The highest BCUT2D eigenvalue weighted by atomic mass is 16.4. The normalized spacial score (nSPS) is 18.5. The second-order valence-corrected chi connectivity index (χ2v) is 6.03. The van der Waals surface area contributed by atoms with Gasteiger partial charge in [0.25, 0.3) is 0 Å². The van der Waals surface area contributed by atoms with Crippen LogP contribution in [0.1, 0.15) is 24.0 Å². The molecule has 1 aliphatic heterocycles. The van der Waals surface area contributed by atoms with Crippen molar-refractivity contribution < 1.29 is 9.90 Å². The van der Waals surface area contributed by atoms with Crippen molar-refractivity contribution in [2.45, 2.75) is 32.4 Å². The fourth-order valence-corrected chi connectivity index (χ4v) is 3.12. The smallest absolute Gasteiger partial charge is 0.320 e. The maximum atomic E-state index is 11.3. The standard InChI is InChI=1S/C19H21NO2/c1-14-7-9-16(10-8-14)17-5-2-4-15(12-17)13-20-11-3-6-18(20)19(21)22/h2,4-5,7-10,12,18H,3,6,11,13H2,1H3,(H,21,22). The third-order valence-electron chi connectivity index (χ3n) is 4.35. The maximum absolute atomic E-state index is 11.3. The van der Waals surface area contributed by atoms with Crippen LogP contribution in [0.25, 0.3) is 11.1 Å². The molecule has 1 saturated heterocycles. The van der Waals surface area contributed by atoms with E-state index in [9.17, 15) is 9.90 Å². The van der Waals surface area contributed by atoms with E-state index >= 15 is 0 Å². The second kappa shape index (κ2) is 6.32. The molecule has 22 heavy (non-hydrogen) atoms. The molecule has 0 saturated carbocycles. The van der Waals surface area contributed by atoms with Crippen molar-refractivity contribution >= 4 is 5.97 Å². The zero-order valence-electron chi connectivity index (χ0n) is 12.8. The molecule has 2 aromatic carbocycles. The monoisotopic (exact) mass is 295 g/mol. The minimum Gasteiger partial charge on any atom is -0.480 e. The largest absolute Gasteiger partial charge is 0.480 e. The van der Waals surface area contributed by atoms with E-state index in [4.69, 9.17) is 0 Å². The number of carboxylic acid groups (broad SMARTS) is 1. The Balaban J connectivity index is 1.79. The van der Waals surface area contributed by atoms with Crippen molar-refractivity contribution in [2.75, 3.05) is 6.54 Å². The highest BCUT2D eigenvalue weighted by molar-refractivity contribution is 5.73. The molecular formula is C19H21NO2. The number of nitrogens with zero attached hydrogens (tertiary/aromatic N) is 1. The maximum Gasteiger partial charge on any atom is 0.320 e. The Hall–Kier alpha value is -2.13. The summed E-state index contributed by atoms with van der Waals surface area (Å²) in [6.07, 6.45) is 1.72. The van der Waals surface area contributed by atoms with Gasteiger partial charge >= 0.3 is 5.97 Å². The molecule has 3 rings (SSSR count). The molecule has 0 amide bonds. The molecular weight excluding hydrogens is 274 g/mol.